The molecular formula is C25H28N2O5S. The van der Waals surface area contributed by atoms with Crippen molar-refractivity contribution in [3.63, 3.8) is 0 Å². The van der Waals surface area contributed by atoms with Gasteiger partial charge >= 0.3 is 0 Å². The first-order chi connectivity index (χ1) is 15.8. The summed E-state index contributed by atoms with van der Waals surface area (Å²) in [5.41, 5.74) is 2.24. The highest BCUT2D eigenvalue weighted by Gasteiger charge is 2.36. The summed E-state index contributed by atoms with van der Waals surface area (Å²) in [6.45, 7) is 7.89. The Kier molecular flexibility index (Phi) is 8.16. The fraction of sp³-hybridized carbons (Fsp3) is 0.320. The molecule has 1 aliphatic rings. The van der Waals surface area contributed by atoms with E-state index in [1.807, 2.05) is 39.8 Å². The largest absolute Gasteiger partial charge is 0.490 e. The average molecular weight is 469 g/mol. The van der Waals surface area contributed by atoms with Crippen LogP contribution in [-0.4, -0.2) is 41.2 Å². The summed E-state index contributed by atoms with van der Waals surface area (Å²) in [6, 6.07) is 12.7. The highest BCUT2D eigenvalue weighted by atomic mass is 32.2. The number of ether oxygens (including phenoxy) is 2. The topological polar surface area (TPSA) is 84.9 Å². The first-order valence-corrected chi connectivity index (χ1v) is 11.7. The summed E-state index contributed by atoms with van der Waals surface area (Å²) >= 11 is 0.812. The Balaban J connectivity index is 1.74. The predicted molar refractivity (Wildman–Crippen MR) is 130 cm³/mol. The van der Waals surface area contributed by atoms with Crippen LogP contribution in [0.3, 0.4) is 0 Å². The second-order valence-corrected chi connectivity index (χ2v) is 8.60. The molecule has 2 aromatic rings. The second-order valence-electron chi connectivity index (χ2n) is 7.61. The van der Waals surface area contributed by atoms with Crippen LogP contribution in [0.5, 0.6) is 11.5 Å². The van der Waals surface area contributed by atoms with Gasteiger partial charge in [0.05, 0.1) is 17.6 Å². The van der Waals surface area contributed by atoms with Gasteiger partial charge < -0.3 is 14.8 Å². The number of anilines is 1. The summed E-state index contributed by atoms with van der Waals surface area (Å²) in [5, 5.41) is 2.27. The van der Waals surface area contributed by atoms with Crippen LogP contribution < -0.4 is 14.8 Å². The maximum Gasteiger partial charge on any atom is 0.294 e. The smallest absolute Gasteiger partial charge is 0.294 e. The van der Waals surface area contributed by atoms with Crippen LogP contribution in [0, 0.1) is 6.92 Å². The molecule has 1 atom stereocenters. The fourth-order valence-electron chi connectivity index (χ4n) is 3.11. The van der Waals surface area contributed by atoms with Gasteiger partial charge in [0.2, 0.25) is 5.91 Å². The number of nitrogens with one attached hydrogen (secondary N) is 1. The number of benzene rings is 2. The Morgan fingerprint density at radius 3 is 2.61 bits per heavy atom. The van der Waals surface area contributed by atoms with Crippen molar-refractivity contribution in [1.29, 1.82) is 0 Å². The number of nitrogens with zero attached hydrogens (tertiary/aromatic N) is 1. The minimum atomic E-state index is -0.497. The van der Waals surface area contributed by atoms with E-state index in [-0.39, 0.29) is 17.6 Å². The number of amides is 3. The van der Waals surface area contributed by atoms with Crippen LogP contribution in [0.2, 0.25) is 0 Å². The van der Waals surface area contributed by atoms with Crippen molar-refractivity contribution in [2.45, 2.75) is 40.2 Å². The third kappa shape index (κ3) is 6.16. The summed E-state index contributed by atoms with van der Waals surface area (Å²) in [6.07, 6.45) is 2.52. The minimum absolute atomic E-state index is 0.0392. The quantitative estimate of drug-likeness (QED) is 0.506. The van der Waals surface area contributed by atoms with E-state index in [1.165, 1.54) is 0 Å². The number of rotatable bonds is 9. The molecule has 0 spiro atoms. The van der Waals surface area contributed by atoms with Gasteiger partial charge in [-0.25, -0.2) is 0 Å². The van der Waals surface area contributed by atoms with Crippen molar-refractivity contribution in [3.05, 3.63) is 58.5 Å². The van der Waals surface area contributed by atoms with Crippen LogP contribution >= 0.6 is 11.8 Å². The van der Waals surface area contributed by atoms with Crippen molar-refractivity contribution in [2.24, 2.45) is 0 Å². The Morgan fingerprint density at radius 1 is 1.15 bits per heavy atom. The standard InChI is InChI=1S/C25H28N2O5S/c1-5-17(4)32-20-12-11-18(13-21(20)31-6-2)14-22-24(29)27(25(30)33-22)15-23(28)26-19-10-8-7-9-16(19)3/h7-14,17H,5-6,15H2,1-4H3,(H,26,28)/b22-14+/t17-/m0/s1. The van der Waals surface area contributed by atoms with Gasteiger partial charge in [0.15, 0.2) is 11.5 Å². The highest BCUT2D eigenvalue weighted by Crippen LogP contribution is 2.35. The molecule has 0 saturated carbocycles. The zero-order chi connectivity index (χ0) is 24.0. The normalized spacial score (nSPS) is 15.6. The molecule has 0 aliphatic carbocycles. The molecule has 33 heavy (non-hydrogen) atoms. The number of thioether (sulfide) groups is 1. The molecule has 3 rings (SSSR count). The van der Waals surface area contributed by atoms with E-state index in [9.17, 15) is 14.4 Å². The lowest BCUT2D eigenvalue weighted by atomic mass is 10.1. The summed E-state index contributed by atoms with van der Waals surface area (Å²) in [7, 11) is 0. The maximum atomic E-state index is 12.8. The Morgan fingerprint density at radius 2 is 1.91 bits per heavy atom. The molecule has 0 radical (unpaired) electrons. The molecule has 8 heteroatoms. The minimum Gasteiger partial charge on any atom is -0.490 e. The number of hydrogen-bond donors (Lipinski definition) is 1. The molecule has 0 bridgehead atoms. The number of carbonyl (C=O) groups excluding carboxylic acids is 3. The van der Waals surface area contributed by atoms with Crippen molar-refractivity contribution >= 4 is 40.6 Å². The monoisotopic (exact) mass is 468 g/mol. The molecule has 2 aromatic carbocycles. The van der Waals surface area contributed by atoms with Crippen molar-refractivity contribution < 1.29 is 23.9 Å². The van der Waals surface area contributed by atoms with Gasteiger partial charge in [-0.2, -0.15) is 0 Å². The molecule has 1 aliphatic heterocycles. The van der Waals surface area contributed by atoms with Gasteiger partial charge in [0.25, 0.3) is 11.1 Å². The summed E-state index contributed by atoms with van der Waals surface area (Å²) in [5.74, 6) is 0.272. The summed E-state index contributed by atoms with van der Waals surface area (Å²) < 4.78 is 11.6. The number of imide groups is 1. The first-order valence-electron chi connectivity index (χ1n) is 10.9. The van der Waals surface area contributed by atoms with Crippen LogP contribution in [0.15, 0.2) is 47.4 Å². The van der Waals surface area contributed by atoms with Crippen molar-refractivity contribution in [3.8, 4) is 11.5 Å². The third-order valence-electron chi connectivity index (χ3n) is 5.06. The lowest BCUT2D eigenvalue weighted by Gasteiger charge is -2.16. The summed E-state index contributed by atoms with van der Waals surface area (Å²) in [4.78, 5) is 38.9. The van der Waals surface area contributed by atoms with Gasteiger partial charge in [-0.1, -0.05) is 31.2 Å². The molecule has 7 nitrogen and oxygen atoms in total. The van der Waals surface area contributed by atoms with E-state index in [0.29, 0.717) is 29.4 Å². The highest BCUT2D eigenvalue weighted by molar-refractivity contribution is 8.18. The lowest BCUT2D eigenvalue weighted by molar-refractivity contribution is -0.127. The van der Waals surface area contributed by atoms with Gasteiger partial charge in [0.1, 0.15) is 6.54 Å². The zero-order valence-electron chi connectivity index (χ0n) is 19.2. The molecule has 1 saturated heterocycles. The van der Waals surface area contributed by atoms with Crippen LogP contribution in [0.1, 0.15) is 38.3 Å². The van der Waals surface area contributed by atoms with E-state index >= 15 is 0 Å². The Bertz CT molecular complexity index is 1080. The number of carbonyl (C=O) groups is 3. The SMILES string of the molecule is CCOc1cc(/C=C2/SC(=O)N(CC(=O)Nc3ccccc3C)C2=O)ccc1O[C@@H](C)CC. The number of hydrogen-bond acceptors (Lipinski definition) is 6. The van der Waals surface area contributed by atoms with E-state index in [2.05, 4.69) is 5.32 Å². The molecule has 0 aromatic heterocycles. The Hall–Kier alpha value is -3.26. The third-order valence-corrected chi connectivity index (χ3v) is 5.97. The van der Waals surface area contributed by atoms with Crippen LogP contribution in [0.4, 0.5) is 10.5 Å². The van der Waals surface area contributed by atoms with Crippen LogP contribution in [-0.2, 0) is 9.59 Å². The Labute approximate surface area is 198 Å². The average Bonchev–Trinajstić information content (AvgIpc) is 3.04. The molecule has 1 fully saturated rings. The van der Waals surface area contributed by atoms with E-state index in [1.54, 1.807) is 36.4 Å². The number of aryl methyl sites for hydroxylation is 1. The lowest BCUT2D eigenvalue weighted by Crippen LogP contribution is -2.36. The molecular weight excluding hydrogens is 440 g/mol. The molecule has 0 unspecified atom stereocenters. The molecule has 1 heterocycles. The van der Waals surface area contributed by atoms with E-state index in [4.69, 9.17) is 9.47 Å². The number of para-hydroxylation sites is 1. The fourth-order valence-corrected chi connectivity index (χ4v) is 3.95. The maximum absolute atomic E-state index is 12.8. The van der Waals surface area contributed by atoms with Gasteiger partial charge in [-0.3, -0.25) is 19.3 Å². The van der Waals surface area contributed by atoms with E-state index < -0.39 is 17.1 Å². The van der Waals surface area contributed by atoms with Crippen molar-refractivity contribution in [1.82, 2.24) is 4.90 Å². The predicted octanol–water partition coefficient (Wildman–Crippen LogP) is 5.25. The molecule has 1 N–H and O–H groups in total. The second kappa shape index (κ2) is 11.0. The van der Waals surface area contributed by atoms with E-state index in [0.717, 1.165) is 28.6 Å². The van der Waals surface area contributed by atoms with Crippen molar-refractivity contribution in [2.75, 3.05) is 18.5 Å². The van der Waals surface area contributed by atoms with Crippen LogP contribution in [0.25, 0.3) is 6.08 Å². The zero-order valence-corrected chi connectivity index (χ0v) is 20.0. The molecule has 3 amide bonds. The molecule has 174 valence electrons. The first kappa shape index (κ1) is 24.4. The van der Waals surface area contributed by atoms with Gasteiger partial charge in [-0.15, -0.1) is 0 Å². The van der Waals surface area contributed by atoms with Gasteiger partial charge in [0, 0.05) is 5.69 Å². The van der Waals surface area contributed by atoms with Gasteiger partial charge in [-0.05, 0) is 74.4 Å².